The van der Waals surface area contributed by atoms with Gasteiger partial charge in [0, 0.05) is 10.5 Å². The zero-order valence-corrected chi connectivity index (χ0v) is 10.8. The van der Waals surface area contributed by atoms with Gasteiger partial charge in [-0.15, -0.1) is 0 Å². The number of benzene rings is 1. The first-order chi connectivity index (χ1) is 7.68. The molecule has 88 valence electrons. The van der Waals surface area contributed by atoms with Crippen LogP contribution in [0.4, 0.5) is 4.39 Å². The van der Waals surface area contributed by atoms with Gasteiger partial charge in [0.1, 0.15) is 5.82 Å². The summed E-state index contributed by atoms with van der Waals surface area (Å²) < 4.78 is 14.1. The number of hydrogen-bond acceptors (Lipinski definition) is 1. The molecule has 1 saturated carbocycles. The van der Waals surface area contributed by atoms with Gasteiger partial charge >= 0.3 is 0 Å². The fourth-order valence-electron chi connectivity index (χ4n) is 2.52. The van der Waals surface area contributed by atoms with Crippen molar-refractivity contribution in [1.82, 2.24) is 0 Å². The second-order valence-electron chi connectivity index (χ2n) is 4.59. The van der Waals surface area contributed by atoms with Gasteiger partial charge in [-0.3, -0.25) is 0 Å². The smallest absolute Gasteiger partial charge is 0.123 e. The van der Waals surface area contributed by atoms with Gasteiger partial charge in [-0.1, -0.05) is 35.2 Å². The van der Waals surface area contributed by atoms with Gasteiger partial charge in [-0.25, -0.2) is 4.39 Å². The molecule has 0 unspecified atom stereocenters. The van der Waals surface area contributed by atoms with Crippen molar-refractivity contribution in [2.45, 2.75) is 38.1 Å². The van der Waals surface area contributed by atoms with E-state index in [1.165, 1.54) is 38.2 Å². The molecular weight excluding hydrogens is 269 g/mol. The van der Waals surface area contributed by atoms with Crippen molar-refractivity contribution in [2.75, 3.05) is 0 Å². The van der Waals surface area contributed by atoms with Gasteiger partial charge in [0.25, 0.3) is 0 Å². The van der Waals surface area contributed by atoms with Crippen LogP contribution in [-0.4, -0.2) is 0 Å². The van der Waals surface area contributed by atoms with Crippen molar-refractivity contribution in [3.8, 4) is 0 Å². The largest absolute Gasteiger partial charge is 0.324 e. The Balaban J connectivity index is 2.18. The van der Waals surface area contributed by atoms with E-state index in [0.29, 0.717) is 5.92 Å². The fourth-order valence-corrected chi connectivity index (χ4v) is 3.03. The van der Waals surface area contributed by atoms with Crippen molar-refractivity contribution in [3.05, 3.63) is 34.1 Å². The molecule has 0 heterocycles. The molecule has 2 rings (SSSR count). The molecule has 16 heavy (non-hydrogen) atoms. The highest BCUT2D eigenvalue weighted by molar-refractivity contribution is 9.10. The molecule has 1 aliphatic rings. The molecule has 1 aliphatic carbocycles. The number of halogens is 2. The lowest BCUT2D eigenvalue weighted by molar-refractivity contribution is 0.307. The third-order valence-corrected chi connectivity index (χ3v) is 4.20. The summed E-state index contributed by atoms with van der Waals surface area (Å²) in [4.78, 5) is 0. The zero-order valence-electron chi connectivity index (χ0n) is 9.26. The maximum absolute atomic E-state index is 13.2. The van der Waals surface area contributed by atoms with E-state index in [2.05, 4.69) is 15.9 Å². The molecule has 1 aromatic carbocycles. The molecule has 2 N–H and O–H groups in total. The van der Waals surface area contributed by atoms with Crippen LogP contribution >= 0.6 is 15.9 Å². The van der Waals surface area contributed by atoms with Crippen LogP contribution in [0.1, 0.15) is 43.7 Å². The molecule has 0 bridgehead atoms. The predicted octanol–water partition coefficient (Wildman–Crippen LogP) is 4.17. The van der Waals surface area contributed by atoms with Crippen LogP contribution in [0.15, 0.2) is 22.7 Å². The highest BCUT2D eigenvalue weighted by atomic mass is 79.9. The van der Waals surface area contributed by atoms with Crippen LogP contribution in [0.3, 0.4) is 0 Å². The SMILES string of the molecule is N[C@@H](c1cc(F)ccc1Br)C1CCCCC1. The summed E-state index contributed by atoms with van der Waals surface area (Å²) in [6, 6.07) is 4.73. The second kappa shape index (κ2) is 5.28. The second-order valence-corrected chi connectivity index (χ2v) is 5.44. The summed E-state index contributed by atoms with van der Waals surface area (Å²) in [7, 11) is 0. The van der Waals surface area contributed by atoms with Crippen LogP contribution in [0.25, 0.3) is 0 Å². The third-order valence-electron chi connectivity index (χ3n) is 3.47. The van der Waals surface area contributed by atoms with Crippen molar-refractivity contribution in [2.24, 2.45) is 11.7 Å². The van der Waals surface area contributed by atoms with Crippen molar-refractivity contribution >= 4 is 15.9 Å². The summed E-state index contributed by atoms with van der Waals surface area (Å²) in [5, 5.41) is 0. The molecule has 0 radical (unpaired) electrons. The molecule has 0 aliphatic heterocycles. The highest BCUT2D eigenvalue weighted by Crippen LogP contribution is 2.35. The van der Waals surface area contributed by atoms with Crippen LogP contribution in [0.5, 0.6) is 0 Å². The Labute approximate surface area is 104 Å². The van der Waals surface area contributed by atoms with Crippen molar-refractivity contribution in [1.29, 1.82) is 0 Å². The first-order valence-electron chi connectivity index (χ1n) is 5.89. The summed E-state index contributed by atoms with van der Waals surface area (Å²) >= 11 is 3.45. The van der Waals surface area contributed by atoms with E-state index in [0.717, 1.165) is 10.0 Å². The summed E-state index contributed by atoms with van der Waals surface area (Å²) in [5.41, 5.74) is 7.15. The Morgan fingerprint density at radius 2 is 1.94 bits per heavy atom. The molecular formula is C13H17BrFN. The average Bonchev–Trinajstić information content (AvgIpc) is 2.32. The quantitative estimate of drug-likeness (QED) is 0.867. The van der Waals surface area contributed by atoms with E-state index < -0.39 is 0 Å². The molecule has 0 aromatic heterocycles. The topological polar surface area (TPSA) is 26.0 Å². The Morgan fingerprint density at radius 3 is 2.62 bits per heavy atom. The minimum atomic E-state index is -0.204. The minimum absolute atomic E-state index is 0.0367. The number of hydrogen-bond donors (Lipinski definition) is 1. The van der Waals surface area contributed by atoms with E-state index in [1.54, 1.807) is 12.1 Å². The average molecular weight is 286 g/mol. The Bertz CT molecular complexity index is 361. The molecule has 1 atom stereocenters. The lowest BCUT2D eigenvalue weighted by Gasteiger charge is -2.28. The van der Waals surface area contributed by atoms with E-state index in [4.69, 9.17) is 5.73 Å². The first kappa shape index (κ1) is 12.1. The van der Waals surface area contributed by atoms with Crippen LogP contribution in [0.2, 0.25) is 0 Å². The van der Waals surface area contributed by atoms with Crippen molar-refractivity contribution in [3.63, 3.8) is 0 Å². The van der Waals surface area contributed by atoms with E-state index in [1.807, 2.05) is 0 Å². The number of rotatable bonds is 2. The lowest BCUT2D eigenvalue weighted by Crippen LogP contribution is -2.24. The fraction of sp³-hybridized carbons (Fsp3) is 0.538. The van der Waals surface area contributed by atoms with Gasteiger partial charge in [0.2, 0.25) is 0 Å². The molecule has 1 aromatic rings. The van der Waals surface area contributed by atoms with E-state index >= 15 is 0 Å². The summed E-state index contributed by atoms with van der Waals surface area (Å²) in [6.07, 6.45) is 6.17. The highest BCUT2D eigenvalue weighted by Gasteiger charge is 2.23. The standard InChI is InChI=1S/C13H17BrFN/c14-12-7-6-10(15)8-11(12)13(16)9-4-2-1-3-5-9/h6-9,13H,1-5,16H2/t13-/m1/s1. The van der Waals surface area contributed by atoms with Crippen LogP contribution in [0, 0.1) is 11.7 Å². The lowest BCUT2D eigenvalue weighted by atomic mass is 9.81. The Hall–Kier alpha value is -0.410. The molecule has 0 amide bonds. The normalized spacial score (nSPS) is 19.7. The summed E-state index contributed by atoms with van der Waals surface area (Å²) in [5.74, 6) is 0.302. The third kappa shape index (κ3) is 2.64. The molecule has 3 heteroatoms. The minimum Gasteiger partial charge on any atom is -0.324 e. The van der Waals surface area contributed by atoms with E-state index in [9.17, 15) is 4.39 Å². The van der Waals surface area contributed by atoms with Crippen LogP contribution in [-0.2, 0) is 0 Å². The van der Waals surface area contributed by atoms with Gasteiger partial charge in [-0.05, 0) is 42.5 Å². The zero-order chi connectivity index (χ0) is 11.5. The molecule has 1 fully saturated rings. The number of nitrogens with two attached hydrogens (primary N) is 1. The van der Waals surface area contributed by atoms with Gasteiger partial charge < -0.3 is 5.73 Å². The van der Waals surface area contributed by atoms with Crippen LogP contribution < -0.4 is 5.73 Å². The Kier molecular flexibility index (Phi) is 3.98. The van der Waals surface area contributed by atoms with Gasteiger partial charge in [-0.2, -0.15) is 0 Å². The summed E-state index contributed by atoms with van der Waals surface area (Å²) in [6.45, 7) is 0. The Morgan fingerprint density at radius 1 is 1.25 bits per heavy atom. The predicted molar refractivity (Wildman–Crippen MR) is 67.6 cm³/mol. The first-order valence-corrected chi connectivity index (χ1v) is 6.68. The monoisotopic (exact) mass is 285 g/mol. The maximum atomic E-state index is 13.2. The maximum Gasteiger partial charge on any atom is 0.123 e. The van der Waals surface area contributed by atoms with Gasteiger partial charge in [0.05, 0.1) is 0 Å². The molecule has 0 spiro atoms. The molecule has 1 nitrogen and oxygen atoms in total. The van der Waals surface area contributed by atoms with Gasteiger partial charge in [0.15, 0.2) is 0 Å². The molecule has 0 saturated heterocycles. The van der Waals surface area contributed by atoms with E-state index in [-0.39, 0.29) is 11.9 Å². The van der Waals surface area contributed by atoms with Crippen molar-refractivity contribution < 1.29 is 4.39 Å².